The Morgan fingerprint density at radius 1 is 1.20 bits per heavy atom. The number of piperazine rings is 1. The Balaban J connectivity index is 1.85. The minimum Gasteiger partial charge on any atom is -0.351 e. The van der Waals surface area contributed by atoms with Gasteiger partial charge in [-0.25, -0.2) is 18.4 Å². The van der Waals surface area contributed by atoms with Crippen LogP contribution in [0.15, 0.2) is 30.3 Å². The molecule has 2 heterocycles. The highest BCUT2D eigenvalue weighted by Crippen LogP contribution is 2.47. The van der Waals surface area contributed by atoms with Crippen LogP contribution in [0.3, 0.4) is 0 Å². The zero-order chi connectivity index (χ0) is 17.9. The second kappa shape index (κ2) is 5.14. The number of nitrogens with zero attached hydrogens (tertiary/aromatic N) is 3. The van der Waals surface area contributed by atoms with E-state index in [2.05, 4.69) is 0 Å². The molecular formula is C16H16F2N4O3. The molecule has 7 nitrogen and oxygen atoms in total. The van der Waals surface area contributed by atoms with Crippen LogP contribution in [-0.2, 0) is 10.6 Å². The van der Waals surface area contributed by atoms with Gasteiger partial charge in [-0.3, -0.25) is 19.5 Å². The summed E-state index contributed by atoms with van der Waals surface area (Å²) in [4.78, 5) is 39.0. The first-order valence-corrected chi connectivity index (χ1v) is 7.98. The Labute approximate surface area is 141 Å². The number of alkyl halides is 2. The fourth-order valence-electron chi connectivity index (χ4n) is 3.56. The number of carbonyl (C=O) groups excluding carboxylic acids is 3. The van der Waals surface area contributed by atoms with Gasteiger partial charge in [0.2, 0.25) is 6.30 Å². The van der Waals surface area contributed by atoms with Gasteiger partial charge in [-0.1, -0.05) is 30.3 Å². The molecule has 4 rings (SSSR count). The van der Waals surface area contributed by atoms with Crippen molar-refractivity contribution in [2.24, 2.45) is 5.73 Å². The molecule has 2 saturated heterocycles. The van der Waals surface area contributed by atoms with Gasteiger partial charge in [0.1, 0.15) is 6.04 Å². The maximum atomic E-state index is 16.0. The van der Waals surface area contributed by atoms with Crippen molar-refractivity contribution in [3.63, 3.8) is 0 Å². The van der Waals surface area contributed by atoms with Gasteiger partial charge in [0.25, 0.3) is 11.7 Å². The minimum atomic E-state index is -2.99. The first-order chi connectivity index (χ1) is 11.9. The third-order valence-corrected chi connectivity index (χ3v) is 4.93. The molecule has 2 aliphatic heterocycles. The van der Waals surface area contributed by atoms with Gasteiger partial charge in [-0.05, 0) is 12.8 Å². The molecule has 9 heteroatoms. The molecule has 0 bridgehead atoms. The van der Waals surface area contributed by atoms with Crippen molar-refractivity contribution >= 4 is 18.0 Å². The second-order valence-corrected chi connectivity index (χ2v) is 6.47. The molecule has 1 aromatic carbocycles. The maximum absolute atomic E-state index is 16.0. The van der Waals surface area contributed by atoms with Crippen LogP contribution in [0, 0.1) is 0 Å². The normalized spacial score (nSPS) is 32.2. The van der Waals surface area contributed by atoms with Gasteiger partial charge >= 0.3 is 12.1 Å². The maximum Gasteiger partial charge on any atom is 0.330 e. The molecule has 2 N–H and O–H groups in total. The standard InChI is InChI=1S/C16H16F2N4O3/c17-13-16(18,9-4-2-1-3-5-9)22-11(8-20(13)14(19)24)12(23)21(15(22)25)10-6-7-10/h1-5,10-11,13H,6-8H2,(H2,19,24). The Morgan fingerprint density at radius 2 is 1.84 bits per heavy atom. The largest absolute Gasteiger partial charge is 0.351 e. The molecular weight excluding hydrogens is 334 g/mol. The van der Waals surface area contributed by atoms with Crippen LogP contribution in [0.1, 0.15) is 18.4 Å². The molecule has 5 amide bonds. The SMILES string of the molecule is NC(=O)N1CC2C(=O)N(C3CC3)C(=O)N2C(F)(c2ccccc2)C1F. The number of urea groups is 2. The number of nitrogens with two attached hydrogens (primary N) is 1. The Hall–Kier alpha value is -2.71. The fourth-order valence-corrected chi connectivity index (χ4v) is 3.56. The van der Waals surface area contributed by atoms with E-state index in [1.54, 1.807) is 6.07 Å². The lowest BCUT2D eigenvalue weighted by molar-refractivity contribution is -0.168. The molecule has 0 spiro atoms. The quantitative estimate of drug-likeness (QED) is 0.644. The van der Waals surface area contributed by atoms with Crippen molar-refractivity contribution in [1.29, 1.82) is 0 Å². The van der Waals surface area contributed by atoms with Crippen molar-refractivity contribution in [2.45, 2.75) is 37.0 Å². The summed E-state index contributed by atoms with van der Waals surface area (Å²) in [6, 6.07) is 3.58. The molecule has 1 saturated carbocycles. The van der Waals surface area contributed by atoms with E-state index in [0.717, 1.165) is 4.90 Å². The summed E-state index contributed by atoms with van der Waals surface area (Å²) >= 11 is 0. The number of rotatable bonds is 2. The summed E-state index contributed by atoms with van der Waals surface area (Å²) in [5, 5.41) is 0. The lowest BCUT2D eigenvalue weighted by Gasteiger charge is -2.47. The van der Waals surface area contributed by atoms with Crippen molar-refractivity contribution in [2.75, 3.05) is 6.54 Å². The van der Waals surface area contributed by atoms with E-state index in [4.69, 9.17) is 5.73 Å². The van der Waals surface area contributed by atoms with Crippen LogP contribution < -0.4 is 5.73 Å². The highest BCUT2D eigenvalue weighted by Gasteiger charge is 2.66. The summed E-state index contributed by atoms with van der Waals surface area (Å²) < 4.78 is 31.1. The number of benzene rings is 1. The van der Waals surface area contributed by atoms with Gasteiger partial charge in [-0.15, -0.1) is 0 Å². The molecule has 1 aromatic rings. The molecule has 0 aromatic heterocycles. The number of hydrogen-bond acceptors (Lipinski definition) is 3. The molecule has 3 atom stereocenters. The van der Waals surface area contributed by atoms with Gasteiger partial charge in [0, 0.05) is 11.6 Å². The third kappa shape index (κ3) is 2.04. The van der Waals surface area contributed by atoms with Crippen LogP contribution in [0.25, 0.3) is 0 Å². The average Bonchev–Trinajstić information content (AvgIpc) is 3.38. The van der Waals surface area contributed by atoms with Crippen LogP contribution >= 0.6 is 0 Å². The lowest BCUT2D eigenvalue weighted by Crippen LogP contribution is -2.68. The average molecular weight is 350 g/mol. The molecule has 132 valence electrons. The molecule has 3 unspecified atom stereocenters. The van der Waals surface area contributed by atoms with Crippen molar-refractivity contribution < 1.29 is 23.2 Å². The van der Waals surface area contributed by atoms with Gasteiger partial charge in [0.05, 0.1) is 6.54 Å². The number of imide groups is 1. The number of fused-ring (bicyclic) bond motifs is 1. The molecule has 3 fully saturated rings. The Bertz CT molecular complexity index is 757. The summed E-state index contributed by atoms with van der Waals surface area (Å²) in [7, 11) is 0. The van der Waals surface area contributed by atoms with E-state index in [0.29, 0.717) is 22.6 Å². The number of halogens is 2. The minimum absolute atomic E-state index is 0.155. The van der Waals surface area contributed by atoms with Crippen molar-refractivity contribution in [1.82, 2.24) is 14.7 Å². The number of amides is 5. The van der Waals surface area contributed by atoms with Crippen LogP contribution in [0.5, 0.6) is 0 Å². The highest BCUT2D eigenvalue weighted by atomic mass is 19.2. The smallest absolute Gasteiger partial charge is 0.330 e. The topological polar surface area (TPSA) is 87.0 Å². The monoisotopic (exact) mass is 350 g/mol. The summed E-state index contributed by atoms with van der Waals surface area (Å²) in [5.41, 5.74) is 5.02. The summed E-state index contributed by atoms with van der Waals surface area (Å²) in [5.74, 6) is -3.61. The van der Waals surface area contributed by atoms with E-state index < -0.39 is 42.6 Å². The molecule has 25 heavy (non-hydrogen) atoms. The lowest BCUT2D eigenvalue weighted by atomic mass is 9.96. The van der Waals surface area contributed by atoms with Crippen molar-refractivity contribution in [3.8, 4) is 0 Å². The zero-order valence-corrected chi connectivity index (χ0v) is 13.1. The first kappa shape index (κ1) is 15.8. The van der Waals surface area contributed by atoms with E-state index in [9.17, 15) is 14.4 Å². The Kier molecular flexibility index (Phi) is 3.25. The van der Waals surface area contributed by atoms with Gasteiger partial charge in [-0.2, -0.15) is 0 Å². The van der Waals surface area contributed by atoms with Gasteiger partial charge < -0.3 is 5.73 Å². The summed E-state index contributed by atoms with van der Waals surface area (Å²) in [6.45, 7) is -0.469. The number of hydrogen-bond donors (Lipinski definition) is 1. The zero-order valence-electron chi connectivity index (χ0n) is 13.1. The van der Waals surface area contributed by atoms with Crippen LogP contribution in [0.2, 0.25) is 0 Å². The molecule has 3 aliphatic rings. The van der Waals surface area contributed by atoms with Crippen LogP contribution in [0.4, 0.5) is 18.4 Å². The highest BCUT2D eigenvalue weighted by molar-refractivity contribution is 6.05. The first-order valence-electron chi connectivity index (χ1n) is 7.98. The second-order valence-electron chi connectivity index (χ2n) is 6.47. The summed E-state index contributed by atoms with van der Waals surface area (Å²) in [6.07, 6.45) is -1.23. The fraction of sp³-hybridized carbons (Fsp3) is 0.438. The molecule has 1 aliphatic carbocycles. The van der Waals surface area contributed by atoms with Crippen molar-refractivity contribution in [3.05, 3.63) is 35.9 Å². The van der Waals surface area contributed by atoms with Crippen LogP contribution in [-0.4, -0.2) is 57.6 Å². The Morgan fingerprint density at radius 3 is 2.40 bits per heavy atom. The van der Waals surface area contributed by atoms with E-state index in [-0.39, 0.29) is 11.6 Å². The number of primary amides is 1. The van der Waals surface area contributed by atoms with E-state index in [1.165, 1.54) is 24.3 Å². The van der Waals surface area contributed by atoms with E-state index in [1.807, 2.05) is 0 Å². The van der Waals surface area contributed by atoms with E-state index >= 15 is 8.78 Å². The number of carbonyl (C=O) groups is 3. The third-order valence-electron chi connectivity index (χ3n) is 4.93. The van der Waals surface area contributed by atoms with Gasteiger partial charge in [0.15, 0.2) is 0 Å². The predicted octanol–water partition coefficient (Wildman–Crippen LogP) is 1.29. The molecule has 0 radical (unpaired) electrons. The predicted molar refractivity (Wildman–Crippen MR) is 81.3 cm³/mol.